The average Bonchev–Trinajstić information content (AvgIpc) is 2.01. The highest BCUT2D eigenvalue weighted by Gasteiger charge is 2.01. The molecule has 0 fully saturated rings. The van der Waals surface area contributed by atoms with E-state index in [9.17, 15) is 0 Å². The second-order valence-corrected chi connectivity index (χ2v) is 3.51. The van der Waals surface area contributed by atoms with E-state index in [0.29, 0.717) is 12.5 Å². The van der Waals surface area contributed by atoms with Crippen molar-refractivity contribution in [2.24, 2.45) is 0 Å². The first kappa shape index (κ1) is 11.2. The SMILES string of the molecule is C=C(C)CCNc1nc(Cl)nc(Cl)n1. The van der Waals surface area contributed by atoms with E-state index in [2.05, 4.69) is 26.8 Å². The molecule has 0 aliphatic rings. The van der Waals surface area contributed by atoms with E-state index < -0.39 is 0 Å². The van der Waals surface area contributed by atoms with Crippen molar-refractivity contribution in [1.82, 2.24) is 15.0 Å². The van der Waals surface area contributed by atoms with E-state index in [0.717, 1.165) is 12.0 Å². The van der Waals surface area contributed by atoms with Crippen LogP contribution in [0.1, 0.15) is 13.3 Å². The highest BCUT2D eigenvalue weighted by molar-refractivity contribution is 6.31. The van der Waals surface area contributed by atoms with E-state index in [1.54, 1.807) is 0 Å². The Morgan fingerprint density at radius 2 is 1.86 bits per heavy atom. The summed E-state index contributed by atoms with van der Waals surface area (Å²) in [5.41, 5.74) is 1.09. The van der Waals surface area contributed by atoms with Gasteiger partial charge in [0, 0.05) is 6.54 Å². The van der Waals surface area contributed by atoms with Crippen LogP contribution in [-0.2, 0) is 0 Å². The van der Waals surface area contributed by atoms with Crippen LogP contribution in [0.2, 0.25) is 10.6 Å². The Morgan fingerprint density at radius 3 is 2.36 bits per heavy atom. The first-order valence-corrected chi connectivity index (χ1v) is 4.79. The summed E-state index contributed by atoms with van der Waals surface area (Å²) in [4.78, 5) is 11.3. The molecular weight excluding hydrogens is 223 g/mol. The molecule has 0 atom stereocenters. The molecule has 4 nitrogen and oxygen atoms in total. The van der Waals surface area contributed by atoms with Gasteiger partial charge in [0.2, 0.25) is 16.5 Å². The molecule has 14 heavy (non-hydrogen) atoms. The van der Waals surface area contributed by atoms with E-state index in [1.807, 2.05) is 6.92 Å². The molecule has 1 N–H and O–H groups in total. The Morgan fingerprint density at radius 1 is 1.29 bits per heavy atom. The van der Waals surface area contributed by atoms with Crippen LogP contribution in [0.5, 0.6) is 0 Å². The van der Waals surface area contributed by atoms with Crippen LogP contribution in [0, 0.1) is 0 Å². The lowest BCUT2D eigenvalue weighted by Crippen LogP contribution is -2.06. The molecule has 0 unspecified atom stereocenters. The molecule has 0 radical (unpaired) electrons. The number of aromatic nitrogens is 3. The summed E-state index contributed by atoms with van der Waals surface area (Å²) in [5.74, 6) is 0.385. The van der Waals surface area contributed by atoms with Crippen LogP contribution < -0.4 is 5.32 Å². The highest BCUT2D eigenvalue weighted by atomic mass is 35.5. The molecule has 0 aliphatic carbocycles. The summed E-state index contributed by atoms with van der Waals surface area (Å²) in [7, 11) is 0. The predicted molar refractivity (Wildman–Crippen MR) is 57.8 cm³/mol. The van der Waals surface area contributed by atoms with Crippen molar-refractivity contribution in [3.05, 3.63) is 22.7 Å². The Balaban J connectivity index is 2.54. The quantitative estimate of drug-likeness (QED) is 0.812. The second kappa shape index (κ2) is 5.12. The third-order valence-electron chi connectivity index (χ3n) is 1.42. The molecule has 76 valence electrons. The summed E-state index contributed by atoms with van der Waals surface area (Å²) in [5, 5.41) is 3.14. The van der Waals surface area contributed by atoms with Crippen molar-refractivity contribution in [1.29, 1.82) is 0 Å². The van der Waals surface area contributed by atoms with E-state index in [1.165, 1.54) is 0 Å². The Bertz CT molecular complexity index is 320. The minimum Gasteiger partial charge on any atom is -0.354 e. The fraction of sp³-hybridized carbons (Fsp3) is 0.375. The van der Waals surface area contributed by atoms with Gasteiger partial charge < -0.3 is 5.32 Å². The fourth-order valence-electron chi connectivity index (χ4n) is 0.793. The number of hydrogen-bond donors (Lipinski definition) is 1. The lowest BCUT2D eigenvalue weighted by atomic mass is 10.2. The van der Waals surface area contributed by atoms with Gasteiger partial charge in [-0.1, -0.05) is 5.57 Å². The summed E-state index contributed by atoms with van der Waals surface area (Å²) < 4.78 is 0. The zero-order valence-electron chi connectivity index (χ0n) is 7.72. The van der Waals surface area contributed by atoms with Crippen LogP contribution in [0.25, 0.3) is 0 Å². The Hall–Kier alpha value is -0.870. The van der Waals surface area contributed by atoms with E-state index in [-0.39, 0.29) is 10.6 Å². The summed E-state index contributed by atoms with van der Waals surface area (Å²) >= 11 is 11.2. The lowest BCUT2D eigenvalue weighted by Gasteiger charge is -2.03. The van der Waals surface area contributed by atoms with Gasteiger partial charge in [-0.15, -0.1) is 6.58 Å². The molecule has 1 aromatic heterocycles. The maximum absolute atomic E-state index is 5.59. The summed E-state index contributed by atoms with van der Waals surface area (Å²) in [6, 6.07) is 0. The van der Waals surface area contributed by atoms with Gasteiger partial charge in [0.25, 0.3) is 0 Å². The van der Waals surface area contributed by atoms with Gasteiger partial charge in [0.1, 0.15) is 0 Å². The average molecular weight is 233 g/mol. The fourth-order valence-corrected chi connectivity index (χ4v) is 1.16. The van der Waals surface area contributed by atoms with E-state index >= 15 is 0 Å². The first-order chi connectivity index (χ1) is 6.58. The van der Waals surface area contributed by atoms with Crippen LogP contribution in [0.15, 0.2) is 12.2 Å². The van der Waals surface area contributed by atoms with Gasteiger partial charge >= 0.3 is 0 Å². The smallest absolute Gasteiger partial charge is 0.228 e. The minimum absolute atomic E-state index is 0.0859. The van der Waals surface area contributed by atoms with Crippen LogP contribution in [0.3, 0.4) is 0 Å². The number of hydrogen-bond acceptors (Lipinski definition) is 4. The first-order valence-electron chi connectivity index (χ1n) is 4.03. The molecule has 0 saturated heterocycles. The highest BCUT2D eigenvalue weighted by Crippen LogP contribution is 2.09. The molecule has 0 aliphatic heterocycles. The summed E-state index contributed by atoms with van der Waals surface area (Å²) in [6.07, 6.45) is 0.848. The topological polar surface area (TPSA) is 50.7 Å². The van der Waals surface area contributed by atoms with Gasteiger partial charge in [-0.05, 0) is 36.5 Å². The lowest BCUT2D eigenvalue weighted by molar-refractivity contribution is 0.954. The molecule has 0 saturated carbocycles. The Kier molecular flexibility index (Phi) is 4.10. The molecular formula is C8H10Cl2N4. The van der Waals surface area contributed by atoms with E-state index in [4.69, 9.17) is 23.2 Å². The monoisotopic (exact) mass is 232 g/mol. The van der Waals surface area contributed by atoms with Crippen LogP contribution in [-0.4, -0.2) is 21.5 Å². The van der Waals surface area contributed by atoms with Crippen molar-refractivity contribution in [3.63, 3.8) is 0 Å². The Labute approximate surface area is 92.4 Å². The van der Waals surface area contributed by atoms with Gasteiger partial charge in [0.05, 0.1) is 0 Å². The molecule has 0 spiro atoms. The zero-order chi connectivity index (χ0) is 10.6. The zero-order valence-corrected chi connectivity index (χ0v) is 9.23. The molecule has 0 aromatic carbocycles. The molecule has 1 aromatic rings. The number of nitrogens with one attached hydrogen (secondary N) is 1. The van der Waals surface area contributed by atoms with Crippen LogP contribution in [0.4, 0.5) is 5.95 Å². The van der Waals surface area contributed by atoms with Crippen molar-refractivity contribution >= 4 is 29.2 Å². The van der Waals surface area contributed by atoms with Crippen molar-refractivity contribution < 1.29 is 0 Å². The van der Waals surface area contributed by atoms with Gasteiger partial charge in [-0.2, -0.15) is 15.0 Å². The third-order valence-corrected chi connectivity index (χ3v) is 1.75. The standard InChI is InChI=1S/C8H10Cl2N4/c1-5(2)3-4-11-8-13-6(9)12-7(10)14-8/h1,3-4H2,2H3,(H,11,12,13,14). The molecule has 0 bridgehead atoms. The van der Waals surface area contributed by atoms with Gasteiger partial charge in [-0.3, -0.25) is 0 Å². The van der Waals surface area contributed by atoms with Gasteiger partial charge in [0.15, 0.2) is 0 Å². The molecule has 0 amide bonds. The normalized spacial score (nSPS) is 9.93. The number of anilines is 1. The van der Waals surface area contributed by atoms with Crippen molar-refractivity contribution in [2.75, 3.05) is 11.9 Å². The molecule has 1 rings (SSSR count). The summed E-state index contributed by atoms with van der Waals surface area (Å²) in [6.45, 7) is 6.43. The number of rotatable bonds is 4. The largest absolute Gasteiger partial charge is 0.354 e. The van der Waals surface area contributed by atoms with Crippen molar-refractivity contribution in [3.8, 4) is 0 Å². The third kappa shape index (κ3) is 3.89. The predicted octanol–water partition coefficient (Wildman–Crippen LogP) is 2.56. The molecule has 6 heteroatoms. The van der Waals surface area contributed by atoms with Crippen LogP contribution >= 0.6 is 23.2 Å². The number of halogens is 2. The van der Waals surface area contributed by atoms with Crippen molar-refractivity contribution in [2.45, 2.75) is 13.3 Å². The minimum atomic E-state index is 0.0859. The second-order valence-electron chi connectivity index (χ2n) is 2.83. The van der Waals surface area contributed by atoms with Gasteiger partial charge in [-0.25, -0.2) is 0 Å². The number of nitrogens with zero attached hydrogens (tertiary/aromatic N) is 3. The maximum atomic E-state index is 5.59. The maximum Gasteiger partial charge on any atom is 0.228 e. The molecule has 1 heterocycles.